The molecule has 1 aromatic carbocycles. The zero-order valence-electron chi connectivity index (χ0n) is 15.2. The minimum Gasteiger partial charge on any atom is -0.458 e. The van der Waals surface area contributed by atoms with Crippen molar-refractivity contribution < 1.29 is 9.53 Å². The summed E-state index contributed by atoms with van der Waals surface area (Å²) in [4.78, 5) is 25.0. The van der Waals surface area contributed by atoms with E-state index in [2.05, 4.69) is 6.07 Å². The number of benzene rings is 1. The number of carbonyl (C=O) groups is 1. The molecule has 0 spiro atoms. The summed E-state index contributed by atoms with van der Waals surface area (Å²) in [6, 6.07) is 9.36. The molecule has 0 radical (unpaired) electrons. The third kappa shape index (κ3) is 4.53. The standard InChI is InChI=1S/C20H21ClN2O3/c1-5-17(19(25)26-20(2,3)4)23-9-8-13(10-18(23)24)16-11-15(21)7-6-14(16)12-22/h6-11,17H,5H2,1-4H3/t17-/m1/s1. The molecule has 0 saturated heterocycles. The molecule has 1 aromatic heterocycles. The molecule has 0 saturated carbocycles. The highest BCUT2D eigenvalue weighted by molar-refractivity contribution is 6.30. The normalized spacial score (nSPS) is 12.3. The largest absolute Gasteiger partial charge is 0.458 e. The molecule has 0 unspecified atom stereocenters. The SMILES string of the molecule is CC[C@H](C(=O)OC(C)(C)C)n1ccc(-c2cc(Cl)ccc2C#N)cc1=O. The van der Waals surface area contributed by atoms with Crippen LogP contribution >= 0.6 is 11.6 Å². The van der Waals surface area contributed by atoms with Gasteiger partial charge in [-0.05, 0) is 57.0 Å². The van der Waals surface area contributed by atoms with E-state index in [4.69, 9.17) is 16.3 Å². The fourth-order valence-electron chi connectivity index (χ4n) is 2.61. The van der Waals surface area contributed by atoms with E-state index in [1.807, 2.05) is 6.92 Å². The highest BCUT2D eigenvalue weighted by Gasteiger charge is 2.26. The number of halogens is 1. The van der Waals surface area contributed by atoms with E-state index >= 15 is 0 Å². The van der Waals surface area contributed by atoms with E-state index in [1.54, 1.807) is 51.2 Å². The summed E-state index contributed by atoms with van der Waals surface area (Å²) < 4.78 is 6.76. The first-order valence-corrected chi connectivity index (χ1v) is 8.69. The van der Waals surface area contributed by atoms with Gasteiger partial charge < -0.3 is 9.30 Å². The molecule has 5 nitrogen and oxygen atoms in total. The van der Waals surface area contributed by atoms with Crippen LogP contribution in [-0.2, 0) is 9.53 Å². The molecule has 0 fully saturated rings. The van der Waals surface area contributed by atoms with Gasteiger partial charge in [-0.1, -0.05) is 18.5 Å². The zero-order chi connectivity index (χ0) is 19.5. The minimum atomic E-state index is -0.703. The van der Waals surface area contributed by atoms with Crippen LogP contribution in [0.1, 0.15) is 45.7 Å². The Labute approximate surface area is 157 Å². The van der Waals surface area contributed by atoms with Crippen molar-refractivity contribution in [2.75, 3.05) is 0 Å². The van der Waals surface area contributed by atoms with Crippen LogP contribution in [0.4, 0.5) is 0 Å². The number of nitrogens with zero attached hydrogens (tertiary/aromatic N) is 2. The first-order valence-electron chi connectivity index (χ1n) is 8.31. The molecule has 0 bridgehead atoms. The molecule has 1 atom stereocenters. The minimum absolute atomic E-state index is 0.343. The summed E-state index contributed by atoms with van der Waals surface area (Å²) in [6.45, 7) is 7.17. The molecule has 2 aromatic rings. The number of aromatic nitrogens is 1. The van der Waals surface area contributed by atoms with Crippen molar-refractivity contribution in [3.63, 3.8) is 0 Å². The lowest BCUT2D eigenvalue weighted by Gasteiger charge is -2.24. The molecule has 26 heavy (non-hydrogen) atoms. The number of nitriles is 1. The van der Waals surface area contributed by atoms with Crippen molar-refractivity contribution in [1.82, 2.24) is 4.57 Å². The van der Waals surface area contributed by atoms with Gasteiger partial charge in [0.05, 0.1) is 11.6 Å². The maximum absolute atomic E-state index is 12.6. The van der Waals surface area contributed by atoms with Gasteiger partial charge in [0.25, 0.3) is 5.56 Å². The number of carbonyl (C=O) groups excluding carboxylic acids is 1. The van der Waals surface area contributed by atoms with Crippen molar-refractivity contribution in [2.24, 2.45) is 0 Å². The van der Waals surface area contributed by atoms with Crippen molar-refractivity contribution in [3.8, 4) is 17.2 Å². The molecule has 136 valence electrons. The summed E-state index contributed by atoms with van der Waals surface area (Å²) >= 11 is 6.02. The predicted octanol–water partition coefficient (Wildman–Crippen LogP) is 4.33. The van der Waals surface area contributed by atoms with Crippen molar-refractivity contribution >= 4 is 17.6 Å². The Hall–Kier alpha value is -2.58. The van der Waals surface area contributed by atoms with E-state index < -0.39 is 17.6 Å². The second-order valence-electron chi connectivity index (χ2n) is 6.92. The number of ether oxygens (including phenoxy) is 1. The molecule has 6 heteroatoms. The van der Waals surface area contributed by atoms with Gasteiger partial charge in [0.2, 0.25) is 0 Å². The third-order valence-electron chi connectivity index (χ3n) is 3.76. The fourth-order valence-corrected chi connectivity index (χ4v) is 2.79. The van der Waals surface area contributed by atoms with E-state index in [-0.39, 0.29) is 5.56 Å². The Morgan fingerprint density at radius 1 is 1.31 bits per heavy atom. The van der Waals surface area contributed by atoms with Gasteiger partial charge >= 0.3 is 5.97 Å². The topological polar surface area (TPSA) is 72.1 Å². The molecule has 0 aliphatic carbocycles. The highest BCUT2D eigenvalue weighted by Crippen LogP contribution is 2.26. The summed E-state index contributed by atoms with van der Waals surface area (Å²) in [5, 5.41) is 9.74. The van der Waals surface area contributed by atoms with E-state index in [9.17, 15) is 14.9 Å². The first-order chi connectivity index (χ1) is 12.2. The smallest absolute Gasteiger partial charge is 0.329 e. The molecule has 0 N–H and O–H groups in total. The molecular formula is C20H21ClN2O3. The number of esters is 1. The second kappa shape index (κ2) is 7.76. The molecular weight excluding hydrogens is 352 g/mol. The summed E-state index contributed by atoms with van der Waals surface area (Å²) in [6.07, 6.45) is 1.98. The summed E-state index contributed by atoms with van der Waals surface area (Å²) in [7, 11) is 0. The number of pyridine rings is 1. The van der Waals surface area contributed by atoms with E-state index in [0.717, 1.165) is 0 Å². The molecule has 0 amide bonds. The summed E-state index contributed by atoms with van der Waals surface area (Å²) in [5.41, 5.74) is 0.602. The number of rotatable bonds is 4. The van der Waals surface area contributed by atoms with Crippen LogP contribution in [0.3, 0.4) is 0 Å². The Morgan fingerprint density at radius 3 is 2.54 bits per heavy atom. The molecule has 0 aliphatic rings. The van der Waals surface area contributed by atoms with E-state index in [0.29, 0.717) is 28.1 Å². The van der Waals surface area contributed by atoms with Gasteiger partial charge in [0.15, 0.2) is 0 Å². The lowest BCUT2D eigenvalue weighted by molar-refractivity contribution is -0.159. The van der Waals surface area contributed by atoms with Crippen LogP contribution in [0.25, 0.3) is 11.1 Å². The monoisotopic (exact) mass is 372 g/mol. The number of hydrogen-bond acceptors (Lipinski definition) is 4. The predicted molar refractivity (Wildman–Crippen MR) is 101 cm³/mol. The van der Waals surface area contributed by atoms with Gasteiger partial charge in [-0.15, -0.1) is 0 Å². The first kappa shape index (κ1) is 19.7. The fraction of sp³-hybridized carbons (Fsp3) is 0.350. The maximum atomic E-state index is 12.6. The van der Waals surface area contributed by atoms with Gasteiger partial charge in [0.1, 0.15) is 11.6 Å². The molecule has 2 rings (SSSR count). The Morgan fingerprint density at radius 2 is 2.00 bits per heavy atom. The molecule has 0 aliphatic heterocycles. The van der Waals surface area contributed by atoms with Crippen LogP contribution in [0.5, 0.6) is 0 Å². The van der Waals surface area contributed by atoms with Gasteiger partial charge in [-0.25, -0.2) is 4.79 Å². The molecule has 1 heterocycles. The maximum Gasteiger partial charge on any atom is 0.329 e. The average molecular weight is 373 g/mol. The van der Waals surface area contributed by atoms with Crippen LogP contribution in [0.2, 0.25) is 5.02 Å². The third-order valence-corrected chi connectivity index (χ3v) is 4.00. The number of hydrogen-bond donors (Lipinski definition) is 0. The van der Waals surface area contributed by atoms with E-state index in [1.165, 1.54) is 10.6 Å². The average Bonchev–Trinajstić information content (AvgIpc) is 2.55. The Kier molecular flexibility index (Phi) is 5.89. The Balaban J connectivity index is 2.44. The summed E-state index contributed by atoms with van der Waals surface area (Å²) in [5.74, 6) is -0.449. The highest BCUT2D eigenvalue weighted by atomic mass is 35.5. The van der Waals surface area contributed by atoms with Crippen molar-refractivity contribution in [1.29, 1.82) is 5.26 Å². The second-order valence-corrected chi connectivity index (χ2v) is 7.36. The van der Waals surface area contributed by atoms with Gasteiger partial charge in [0, 0.05) is 22.8 Å². The van der Waals surface area contributed by atoms with Crippen molar-refractivity contribution in [2.45, 2.75) is 45.8 Å². The zero-order valence-corrected chi connectivity index (χ0v) is 16.0. The van der Waals surface area contributed by atoms with Gasteiger partial charge in [-0.3, -0.25) is 4.79 Å². The lowest BCUT2D eigenvalue weighted by atomic mass is 10.0. The Bertz CT molecular complexity index is 920. The van der Waals surface area contributed by atoms with Crippen LogP contribution in [0, 0.1) is 11.3 Å². The lowest BCUT2D eigenvalue weighted by Crippen LogP contribution is -2.34. The van der Waals surface area contributed by atoms with Crippen LogP contribution in [0.15, 0.2) is 41.3 Å². The quantitative estimate of drug-likeness (QED) is 0.748. The van der Waals surface area contributed by atoms with Crippen LogP contribution < -0.4 is 5.56 Å². The van der Waals surface area contributed by atoms with Crippen molar-refractivity contribution in [3.05, 3.63) is 57.5 Å². The van der Waals surface area contributed by atoms with Gasteiger partial charge in [-0.2, -0.15) is 5.26 Å². The van der Waals surface area contributed by atoms with Crippen LogP contribution in [-0.4, -0.2) is 16.1 Å².